The van der Waals surface area contributed by atoms with Crippen LogP contribution in [0.1, 0.15) is 49.3 Å². The molecule has 1 amide bonds. The number of likely N-dealkylation sites (tertiary alicyclic amines) is 1. The van der Waals surface area contributed by atoms with E-state index in [1.54, 1.807) is 6.07 Å². The highest BCUT2D eigenvalue weighted by Gasteiger charge is 2.22. The van der Waals surface area contributed by atoms with E-state index in [-0.39, 0.29) is 5.91 Å². The van der Waals surface area contributed by atoms with Gasteiger partial charge in [-0.15, -0.1) is 0 Å². The SMILES string of the molecule is CCCNc1nc(C)cc(C(=O)N2CCC(C)CC2)n1. The van der Waals surface area contributed by atoms with E-state index in [9.17, 15) is 4.79 Å². The van der Waals surface area contributed by atoms with Crippen LogP contribution in [0.2, 0.25) is 0 Å². The van der Waals surface area contributed by atoms with Gasteiger partial charge in [0.25, 0.3) is 5.91 Å². The van der Waals surface area contributed by atoms with Crippen molar-refractivity contribution in [2.24, 2.45) is 5.92 Å². The van der Waals surface area contributed by atoms with Crippen LogP contribution in [-0.2, 0) is 0 Å². The molecule has 0 aliphatic carbocycles. The molecule has 1 aliphatic heterocycles. The summed E-state index contributed by atoms with van der Waals surface area (Å²) >= 11 is 0. The molecule has 1 fully saturated rings. The van der Waals surface area contributed by atoms with E-state index in [2.05, 4.69) is 29.1 Å². The van der Waals surface area contributed by atoms with Gasteiger partial charge in [0.15, 0.2) is 0 Å². The molecule has 0 radical (unpaired) electrons. The quantitative estimate of drug-likeness (QED) is 0.918. The standard InChI is InChI=1S/C15H24N4O/c1-4-7-16-15-17-12(3)10-13(18-15)14(20)19-8-5-11(2)6-9-19/h10-11H,4-9H2,1-3H3,(H,16,17,18). The summed E-state index contributed by atoms with van der Waals surface area (Å²) in [5, 5.41) is 3.15. The van der Waals surface area contributed by atoms with Crippen LogP contribution in [0.3, 0.4) is 0 Å². The van der Waals surface area contributed by atoms with E-state index in [0.717, 1.165) is 44.6 Å². The van der Waals surface area contributed by atoms with Crippen LogP contribution in [0.15, 0.2) is 6.07 Å². The van der Waals surface area contributed by atoms with Gasteiger partial charge in [-0.3, -0.25) is 4.79 Å². The molecule has 2 rings (SSSR count). The third-order valence-electron chi connectivity index (χ3n) is 3.68. The van der Waals surface area contributed by atoms with Crippen LogP contribution in [0.4, 0.5) is 5.95 Å². The Hall–Kier alpha value is -1.65. The van der Waals surface area contributed by atoms with E-state index >= 15 is 0 Å². The number of carbonyl (C=O) groups is 1. The van der Waals surface area contributed by atoms with Crippen LogP contribution in [0, 0.1) is 12.8 Å². The molecule has 0 unspecified atom stereocenters. The summed E-state index contributed by atoms with van der Waals surface area (Å²) in [5.41, 5.74) is 1.33. The summed E-state index contributed by atoms with van der Waals surface area (Å²) in [6.07, 6.45) is 3.16. The minimum Gasteiger partial charge on any atom is -0.354 e. The van der Waals surface area contributed by atoms with Crippen molar-refractivity contribution < 1.29 is 4.79 Å². The highest BCUT2D eigenvalue weighted by atomic mass is 16.2. The fourth-order valence-electron chi connectivity index (χ4n) is 2.37. The zero-order valence-corrected chi connectivity index (χ0v) is 12.6. The molecule has 110 valence electrons. The van der Waals surface area contributed by atoms with E-state index < -0.39 is 0 Å². The molecule has 5 heteroatoms. The van der Waals surface area contributed by atoms with Gasteiger partial charge in [-0.25, -0.2) is 9.97 Å². The van der Waals surface area contributed by atoms with Crippen LogP contribution >= 0.6 is 0 Å². The zero-order chi connectivity index (χ0) is 14.5. The second-order valence-corrected chi connectivity index (χ2v) is 5.62. The van der Waals surface area contributed by atoms with Crippen LogP contribution in [0.25, 0.3) is 0 Å². The van der Waals surface area contributed by atoms with Crippen molar-refractivity contribution in [3.05, 3.63) is 17.5 Å². The monoisotopic (exact) mass is 276 g/mol. The largest absolute Gasteiger partial charge is 0.354 e. The Morgan fingerprint density at radius 2 is 2.10 bits per heavy atom. The number of anilines is 1. The van der Waals surface area contributed by atoms with Crippen LogP contribution < -0.4 is 5.32 Å². The maximum Gasteiger partial charge on any atom is 0.272 e. The van der Waals surface area contributed by atoms with Crippen molar-refractivity contribution in [1.29, 1.82) is 0 Å². The molecular formula is C15H24N4O. The van der Waals surface area contributed by atoms with E-state index in [0.29, 0.717) is 17.6 Å². The second-order valence-electron chi connectivity index (χ2n) is 5.62. The Labute approximate surface area is 120 Å². The van der Waals surface area contributed by atoms with Crippen molar-refractivity contribution in [2.75, 3.05) is 25.0 Å². The molecule has 2 heterocycles. The van der Waals surface area contributed by atoms with Gasteiger partial charge in [0.05, 0.1) is 0 Å². The number of carbonyl (C=O) groups excluding carboxylic acids is 1. The van der Waals surface area contributed by atoms with E-state index in [1.165, 1.54) is 0 Å². The number of nitrogens with one attached hydrogen (secondary N) is 1. The summed E-state index contributed by atoms with van der Waals surface area (Å²) in [5.74, 6) is 1.30. The Morgan fingerprint density at radius 1 is 1.40 bits per heavy atom. The lowest BCUT2D eigenvalue weighted by Crippen LogP contribution is -2.38. The number of rotatable bonds is 4. The fraction of sp³-hybridized carbons (Fsp3) is 0.667. The minimum atomic E-state index is 0.0296. The third kappa shape index (κ3) is 3.68. The van der Waals surface area contributed by atoms with Gasteiger partial charge in [0.2, 0.25) is 5.95 Å². The first-order valence-corrected chi connectivity index (χ1v) is 7.49. The van der Waals surface area contributed by atoms with Crippen molar-refractivity contribution in [1.82, 2.24) is 14.9 Å². The molecule has 1 aromatic rings. The average Bonchev–Trinajstić information content (AvgIpc) is 2.44. The number of amides is 1. The van der Waals surface area contributed by atoms with Gasteiger partial charge >= 0.3 is 0 Å². The summed E-state index contributed by atoms with van der Waals surface area (Å²) in [6, 6.07) is 1.78. The maximum atomic E-state index is 12.5. The Morgan fingerprint density at radius 3 is 2.75 bits per heavy atom. The second kappa shape index (κ2) is 6.68. The number of aryl methyl sites for hydroxylation is 1. The lowest BCUT2D eigenvalue weighted by molar-refractivity contribution is 0.0691. The lowest BCUT2D eigenvalue weighted by Gasteiger charge is -2.30. The smallest absolute Gasteiger partial charge is 0.272 e. The first-order valence-electron chi connectivity index (χ1n) is 7.49. The molecule has 20 heavy (non-hydrogen) atoms. The summed E-state index contributed by atoms with van der Waals surface area (Å²) in [4.78, 5) is 23.1. The molecule has 0 atom stereocenters. The molecule has 0 bridgehead atoms. The van der Waals surface area contributed by atoms with Crippen molar-refractivity contribution in [3.8, 4) is 0 Å². The number of hydrogen-bond acceptors (Lipinski definition) is 4. The predicted molar refractivity (Wildman–Crippen MR) is 79.9 cm³/mol. The normalized spacial score (nSPS) is 16.2. The summed E-state index contributed by atoms with van der Waals surface area (Å²) in [7, 11) is 0. The lowest BCUT2D eigenvalue weighted by atomic mass is 9.99. The molecule has 0 spiro atoms. The third-order valence-corrected chi connectivity index (χ3v) is 3.68. The van der Waals surface area contributed by atoms with Gasteiger partial charge in [0.1, 0.15) is 5.69 Å². The van der Waals surface area contributed by atoms with E-state index in [1.807, 2.05) is 11.8 Å². The van der Waals surface area contributed by atoms with Crippen molar-refractivity contribution >= 4 is 11.9 Å². The van der Waals surface area contributed by atoms with E-state index in [4.69, 9.17) is 0 Å². The zero-order valence-electron chi connectivity index (χ0n) is 12.6. The van der Waals surface area contributed by atoms with Crippen molar-refractivity contribution in [2.45, 2.75) is 40.0 Å². The van der Waals surface area contributed by atoms with Crippen LogP contribution in [-0.4, -0.2) is 40.4 Å². The molecule has 0 aromatic carbocycles. The number of aromatic nitrogens is 2. The van der Waals surface area contributed by atoms with Crippen LogP contribution in [0.5, 0.6) is 0 Å². The fourth-order valence-corrected chi connectivity index (χ4v) is 2.37. The van der Waals surface area contributed by atoms with Gasteiger partial charge in [-0.05, 0) is 38.2 Å². The number of piperidine rings is 1. The summed E-state index contributed by atoms with van der Waals surface area (Å²) < 4.78 is 0. The first kappa shape index (κ1) is 14.8. The number of nitrogens with zero attached hydrogens (tertiary/aromatic N) is 3. The van der Waals surface area contributed by atoms with Crippen molar-refractivity contribution in [3.63, 3.8) is 0 Å². The van der Waals surface area contributed by atoms with Gasteiger partial charge in [-0.2, -0.15) is 0 Å². The average molecular weight is 276 g/mol. The van der Waals surface area contributed by atoms with Gasteiger partial charge in [-0.1, -0.05) is 13.8 Å². The topological polar surface area (TPSA) is 58.1 Å². The Bertz CT molecular complexity index is 467. The molecular weight excluding hydrogens is 252 g/mol. The molecule has 1 N–H and O–H groups in total. The summed E-state index contributed by atoms with van der Waals surface area (Å²) in [6.45, 7) is 8.71. The molecule has 0 saturated carbocycles. The molecule has 1 saturated heterocycles. The highest BCUT2D eigenvalue weighted by Crippen LogP contribution is 2.18. The van der Waals surface area contributed by atoms with Gasteiger partial charge in [0, 0.05) is 25.3 Å². The Balaban J connectivity index is 2.10. The first-order chi connectivity index (χ1) is 9.60. The predicted octanol–water partition coefficient (Wildman–Crippen LogP) is 2.48. The number of hydrogen-bond donors (Lipinski definition) is 1. The highest BCUT2D eigenvalue weighted by molar-refractivity contribution is 5.92. The van der Waals surface area contributed by atoms with Gasteiger partial charge < -0.3 is 10.2 Å². The molecule has 5 nitrogen and oxygen atoms in total. The maximum absolute atomic E-state index is 12.5. The molecule has 1 aliphatic rings. The minimum absolute atomic E-state index is 0.0296. The molecule has 1 aromatic heterocycles. The Kier molecular flexibility index (Phi) is 4.93.